The summed E-state index contributed by atoms with van der Waals surface area (Å²) in [5.74, 6) is 0. The number of hydrogen-bond acceptors (Lipinski definition) is 3. The number of hydrogen-bond donors (Lipinski definition) is 0. The van der Waals surface area contributed by atoms with Gasteiger partial charge < -0.3 is 0 Å². The summed E-state index contributed by atoms with van der Waals surface area (Å²) in [6.45, 7) is 0. The summed E-state index contributed by atoms with van der Waals surface area (Å²) in [7, 11) is 0. The van der Waals surface area contributed by atoms with Crippen LogP contribution in [0.15, 0.2) is 71.8 Å². The minimum atomic E-state index is -0.337. The highest BCUT2D eigenvalue weighted by Crippen LogP contribution is 2.17. The second kappa shape index (κ2) is 5.54. The third kappa shape index (κ3) is 2.51. The number of benzene rings is 1. The van der Waals surface area contributed by atoms with Gasteiger partial charge in [-0.15, -0.1) is 0 Å². The molecule has 102 valence electrons. The van der Waals surface area contributed by atoms with Crippen LogP contribution >= 0.6 is 0 Å². The van der Waals surface area contributed by atoms with Crippen molar-refractivity contribution in [1.29, 1.82) is 0 Å². The van der Waals surface area contributed by atoms with Crippen LogP contribution in [-0.4, -0.2) is 15.8 Å². The maximum Gasteiger partial charge on any atom is 0.265 e. The highest BCUT2D eigenvalue weighted by Gasteiger charge is 2.09. The Kier molecular flexibility index (Phi) is 3.43. The van der Waals surface area contributed by atoms with E-state index in [2.05, 4.69) is 4.98 Å². The molecule has 21 heavy (non-hydrogen) atoms. The number of rotatable bonds is 3. The van der Waals surface area contributed by atoms with Crippen LogP contribution in [0, 0.1) is 0 Å². The van der Waals surface area contributed by atoms with Gasteiger partial charge in [0.05, 0.1) is 11.3 Å². The van der Waals surface area contributed by atoms with Crippen LogP contribution in [0.3, 0.4) is 0 Å². The van der Waals surface area contributed by atoms with Crippen LogP contribution in [0.1, 0.15) is 10.4 Å². The molecule has 0 atom stereocenters. The molecule has 0 aliphatic heterocycles. The molecule has 0 aliphatic carbocycles. The highest BCUT2D eigenvalue weighted by atomic mass is 16.1. The van der Waals surface area contributed by atoms with Crippen molar-refractivity contribution in [3.63, 3.8) is 0 Å². The van der Waals surface area contributed by atoms with Crippen LogP contribution in [0.4, 0.5) is 0 Å². The summed E-state index contributed by atoms with van der Waals surface area (Å²) in [6.07, 6.45) is 3.95. The van der Waals surface area contributed by atoms with Gasteiger partial charge in [0, 0.05) is 23.6 Å². The maximum absolute atomic E-state index is 12.3. The number of carbonyl (C=O) groups is 1. The zero-order chi connectivity index (χ0) is 14.7. The average Bonchev–Trinajstić information content (AvgIpc) is 2.56. The Morgan fingerprint density at radius 2 is 1.76 bits per heavy atom. The molecule has 2 heterocycles. The third-order valence-electron chi connectivity index (χ3n) is 3.17. The van der Waals surface area contributed by atoms with Crippen LogP contribution in [-0.2, 0) is 0 Å². The van der Waals surface area contributed by atoms with Gasteiger partial charge in [-0.1, -0.05) is 24.3 Å². The number of para-hydroxylation sites is 1. The van der Waals surface area contributed by atoms with E-state index in [0.29, 0.717) is 17.7 Å². The Bertz CT molecular complexity index is 824. The molecule has 3 rings (SSSR count). The molecule has 0 saturated carbocycles. The largest absolute Gasteiger partial charge is 0.298 e. The summed E-state index contributed by atoms with van der Waals surface area (Å²) in [5, 5.41) is 0. The molecule has 0 N–H and O–H groups in total. The van der Waals surface area contributed by atoms with E-state index in [0.717, 1.165) is 5.56 Å². The number of aldehydes is 1. The molecular formula is C17H12N2O2. The molecular weight excluding hydrogens is 264 g/mol. The monoisotopic (exact) mass is 276 g/mol. The summed E-state index contributed by atoms with van der Waals surface area (Å²) < 4.78 is 1.47. The molecule has 0 radical (unpaired) electrons. The number of nitrogens with zero attached hydrogens (tertiary/aromatic N) is 2. The lowest BCUT2D eigenvalue weighted by Gasteiger charge is -2.09. The van der Waals surface area contributed by atoms with E-state index in [1.807, 2.05) is 48.5 Å². The molecule has 0 aliphatic rings. The molecule has 0 fully saturated rings. The summed E-state index contributed by atoms with van der Waals surface area (Å²) in [6, 6.07) is 16.3. The molecule has 4 heteroatoms. The topological polar surface area (TPSA) is 52.0 Å². The molecule has 0 bridgehead atoms. The van der Waals surface area contributed by atoms with Gasteiger partial charge in [-0.2, -0.15) is 0 Å². The molecule has 0 saturated heterocycles. The first kappa shape index (κ1) is 13.0. The fraction of sp³-hybridized carbons (Fsp3) is 0. The van der Waals surface area contributed by atoms with E-state index in [1.54, 1.807) is 18.5 Å². The van der Waals surface area contributed by atoms with E-state index < -0.39 is 0 Å². The fourth-order valence-corrected chi connectivity index (χ4v) is 2.14. The molecule has 1 aromatic carbocycles. The van der Waals surface area contributed by atoms with Crippen molar-refractivity contribution in [3.8, 4) is 16.9 Å². The molecule has 0 spiro atoms. The van der Waals surface area contributed by atoms with Gasteiger partial charge in [-0.05, 0) is 30.3 Å². The Labute approximate surface area is 121 Å². The van der Waals surface area contributed by atoms with Gasteiger partial charge in [0.1, 0.15) is 0 Å². The van der Waals surface area contributed by atoms with Crippen LogP contribution < -0.4 is 5.56 Å². The highest BCUT2D eigenvalue weighted by molar-refractivity contribution is 5.77. The lowest BCUT2D eigenvalue weighted by atomic mass is 10.1. The third-order valence-corrected chi connectivity index (χ3v) is 3.17. The first-order valence-corrected chi connectivity index (χ1v) is 6.48. The van der Waals surface area contributed by atoms with Crippen molar-refractivity contribution in [1.82, 2.24) is 9.55 Å². The molecule has 0 amide bonds. The van der Waals surface area contributed by atoms with Crippen molar-refractivity contribution in [2.24, 2.45) is 0 Å². The quantitative estimate of drug-likeness (QED) is 0.691. The molecule has 3 aromatic rings. The molecule has 0 unspecified atom stereocenters. The van der Waals surface area contributed by atoms with E-state index in [4.69, 9.17) is 0 Å². The first-order chi connectivity index (χ1) is 10.3. The van der Waals surface area contributed by atoms with Crippen molar-refractivity contribution >= 4 is 6.29 Å². The van der Waals surface area contributed by atoms with Crippen LogP contribution in [0.5, 0.6) is 0 Å². The lowest BCUT2D eigenvalue weighted by molar-refractivity contribution is 0.112. The Morgan fingerprint density at radius 1 is 1.00 bits per heavy atom. The molecule has 4 nitrogen and oxygen atoms in total. The zero-order valence-electron chi connectivity index (χ0n) is 11.1. The summed E-state index contributed by atoms with van der Waals surface area (Å²) in [4.78, 5) is 27.7. The van der Waals surface area contributed by atoms with Crippen LogP contribution in [0.25, 0.3) is 16.9 Å². The van der Waals surface area contributed by atoms with E-state index in [1.165, 1.54) is 4.57 Å². The van der Waals surface area contributed by atoms with Gasteiger partial charge in [-0.3, -0.25) is 19.1 Å². The Morgan fingerprint density at radius 3 is 2.43 bits per heavy atom. The Balaban J connectivity index is 2.26. The van der Waals surface area contributed by atoms with Crippen molar-refractivity contribution in [2.75, 3.05) is 0 Å². The fourth-order valence-electron chi connectivity index (χ4n) is 2.14. The maximum atomic E-state index is 12.3. The predicted octanol–water partition coefficient (Wildman–Crippen LogP) is 2.71. The first-order valence-electron chi connectivity index (χ1n) is 6.48. The summed E-state index contributed by atoms with van der Waals surface area (Å²) >= 11 is 0. The lowest BCUT2D eigenvalue weighted by Crippen LogP contribution is -2.21. The van der Waals surface area contributed by atoms with Crippen molar-refractivity contribution in [2.45, 2.75) is 0 Å². The second-order valence-corrected chi connectivity index (χ2v) is 4.53. The Hall–Kier alpha value is -3.01. The normalized spacial score (nSPS) is 10.3. The van der Waals surface area contributed by atoms with Gasteiger partial charge in [-0.25, -0.2) is 0 Å². The summed E-state index contributed by atoms with van der Waals surface area (Å²) in [5.41, 5.74) is 1.92. The van der Waals surface area contributed by atoms with Gasteiger partial charge in [0.2, 0.25) is 0 Å². The minimum absolute atomic E-state index is 0.113. The minimum Gasteiger partial charge on any atom is -0.298 e. The predicted molar refractivity (Wildman–Crippen MR) is 80.7 cm³/mol. The average molecular weight is 276 g/mol. The number of carbonyl (C=O) groups excluding carboxylic acids is 1. The van der Waals surface area contributed by atoms with E-state index >= 15 is 0 Å². The standard InChI is InChI=1S/C17H12N2O2/c20-12-14-10-13(16-8-4-5-9-18-16)11-19(17(14)21)15-6-2-1-3-7-15/h1-12H. The molecule has 2 aromatic heterocycles. The van der Waals surface area contributed by atoms with Gasteiger partial charge in [0.15, 0.2) is 6.29 Å². The van der Waals surface area contributed by atoms with Crippen molar-refractivity contribution < 1.29 is 4.79 Å². The number of pyridine rings is 2. The van der Waals surface area contributed by atoms with E-state index in [9.17, 15) is 9.59 Å². The van der Waals surface area contributed by atoms with Gasteiger partial charge >= 0.3 is 0 Å². The smallest absolute Gasteiger partial charge is 0.265 e. The zero-order valence-corrected chi connectivity index (χ0v) is 11.1. The van der Waals surface area contributed by atoms with E-state index in [-0.39, 0.29) is 11.1 Å². The van der Waals surface area contributed by atoms with Gasteiger partial charge in [0.25, 0.3) is 5.56 Å². The SMILES string of the molecule is O=Cc1cc(-c2ccccn2)cn(-c2ccccc2)c1=O. The second-order valence-electron chi connectivity index (χ2n) is 4.53. The van der Waals surface area contributed by atoms with Crippen molar-refractivity contribution in [3.05, 3.63) is 82.9 Å². The van der Waals surface area contributed by atoms with Crippen LogP contribution in [0.2, 0.25) is 0 Å². The number of aromatic nitrogens is 2.